The molecular formula is C39H50N6O8S. The normalized spacial score (nSPS) is 16.4. The number of piperidine rings is 1. The van der Waals surface area contributed by atoms with Crippen molar-refractivity contribution < 1.29 is 37.5 Å². The Bertz CT molecular complexity index is 1890. The molecular weight excluding hydrogens is 713 g/mol. The van der Waals surface area contributed by atoms with E-state index in [2.05, 4.69) is 26.6 Å². The van der Waals surface area contributed by atoms with Crippen LogP contribution in [0.4, 0.5) is 16.2 Å². The number of carbonyl (C=O) groups is 5. The van der Waals surface area contributed by atoms with Gasteiger partial charge in [0.05, 0.1) is 16.7 Å². The number of nitrogens with one attached hydrogen (secondary N) is 5. The molecule has 0 bridgehead atoms. The minimum Gasteiger partial charge on any atom is -0.480 e. The van der Waals surface area contributed by atoms with Gasteiger partial charge in [-0.25, -0.2) is 18.0 Å². The van der Waals surface area contributed by atoms with E-state index in [1.807, 2.05) is 39.0 Å². The predicted octanol–water partition coefficient (Wildman–Crippen LogP) is 4.45. The number of hydrogen-bond donors (Lipinski definition) is 6. The maximum Gasteiger partial charge on any atom is 0.326 e. The lowest BCUT2D eigenvalue weighted by Crippen LogP contribution is -2.51. The maximum atomic E-state index is 13.3. The zero-order valence-corrected chi connectivity index (χ0v) is 31.8. The minimum absolute atomic E-state index is 0.0411. The van der Waals surface area contributed by atoms with E-state index < -0.39 is 57.8 Å². The molecule has 3 aromatic rings. The van der Waals surface area contributed by atoms with Crippen LogP contribution in [0.3, 0.4) is 0 Å². The molecule has 0 saturated carbocycles. The van der Waals surface area contributed by atoms with Gasteiger partial charge < -0.3 is 31.7 Å². The number of rotatable bonds is 16. The fourth-order valence-corrected chi connectivity index (χ4v) is 7.67. The molecule has 5 amide bonds. The van der Waals surface area contributed by atoms with Crippen molar-refractivity contribution in [3.63, 3.8) is 0 Å². The van der Waals surface area contributed by atoms with Gasteiger partial charge in [0.1, 0.15) is 12.1 Å². The third-order valence-corrected chi connectivity index (χ3v) is 11.2. The molecule has 0 spiro atoms. The van der Waals surface area contributed by atoms with Crippen LogP contribution in [0, 0.1) is 18.8 Å². The summed E-state index contributed by atoms with van der Waals surface area (Å²) in [5.74, 6) is -4.08. The quantitative estimate of drug-likeness (QED) is 0.123. The zero-order chi connectivity index (χ0) is 39.4. The summed E-state index contributed by atoms with van der Waals surface area (Å²) in [6.07, 6.45) is 1.03. The fourth-order valence-electron chi connectivity index (χ4n) is 6.13. The highest BCUT2D eigenvalue weighted by atomic mass is 32.2. The van der Waals surface area contributed by atoms with Crippen LogP contribution in [0.15, 0.2) is 83.8 Å². The third kappa shape index (κ3) is 11.6. The van der Waals surface area contributed by atoms with Crippen molar-refractivity contribution in [2.75, 3.05) is 30.3 Å². The van der Waals surface area contributed by atoms with Crippen LogP contribution in [-0.4, -0.2) is 79.3 Å². The summed E-state index contributed by atoms with van der Waals surface area (Å²) >= 11 is 0. The maximum absolute atomic E-state index is 13.3. The van der Waals surface area contributed by atoms with Crippen molar-refractivity contribution in [2.24, 2.45) is 11.8 Å². The van der Waals surface area contributed by atoms with E-state index in [1.54, 1.807) is 55.5 Å². The van der Waals surface area contributed by atoms with Crippen LogP contribution in [0.2, 0.25) is 0 Å². The average molecular weight is 763 g/mol. The van der Waals surface area contributed by atoms with E-state index in [0.717, 1.165) is 5.56 Å². The molecule has 0 radical (unpaired) electrons. The Morgan fingerprint density at radius 3 is 2.15 bits per heavy atom. The first-order valence-electron chi connectivity index (χ1n) is 18.1. The Kier molecular flexibility index (Phi) is 14.7. The van der Waals surface area contributed by atoms with Gasteiger partial charge in [0.15, 0.2) is 0 Å². The predicted molar refractivity (Wildman–Crippen MR) is 205 cm³/mol. The smallest absolute Gasteiger partial charge is 0.326 e. The SMILES string of the molecule is Cc1ccccc1NC(=O)Nc1ccc(C(C)C(=O)N[C@@H](CC(C)C)C(=O)NCC[C@H](NC(=O)[C@H]2CCCN(S(=O)(=O)c3ccccc3)C2)C(=O)O)cc1. The van der Waals surface area contributed by atoms with Gasteiger partial charge in [-0.05, 0) is 86.9 Å². The Hall–Kier alpha value is -5.28. The number of carboxylic acids is 1. The van der Waals surface area contributed by atoms with Crippen LogP contribution in [-0.2, 0) is 29.2 Å². The molecule has 4 atom stereocenters. The second-order valence-corrected chi connectivity index (χ2v) is 15.9. The topological polar surface area (TPSA) is 203 Å². The number of hydrogen-bond acceptors (Lipinski definition) is 7. The third-order valence-electron chi connectivity index (χ3n) is 9.28. The summed E-state index contributed by atoms with van der Waals surface area (Å²) in [7, 11) is -3.82. The molecule has 15 heteroatoms. The number of sulfonamides is 1. The average Bonchev–Trinajstić information content (AvgIpc) is 3.15. The highest BCUT2D eigenvalue weighted by molar-refractivity contribution is 7.89. The Balaban J connectivity index is 1.28. The summed E-state index contributed by atoms with van der Waals surface area (Å²) in [6, 6.07) is 19.5. The van der Waals surface area contributed by atoms with Crippen LogP contribution in [0.5, 0.6) is 0 Å². The first kappa shape index (κ1) is 41.5. The molecule has 3 aromatic carbocycles. The van der Waals surface area contributed by atoms with Gasteiger partial charge in [0.2, 0.25) is 27.7 Å². The lowest BCUT2D eigenvalue weighted by Gasteiger charge is -2.31. The summed E-state index contributed by atoms with van der Waals surface area (Å²) in [4.78, 5) is 64.4. The van der Waals surface area contributed by atoms with Crippen molar-refractivity contribution in [3.05, 3.63) is 90.0 Å². The molecule has 1 aliphatic heterocycles. The van der Waals surface area contributed by atoms with Gasteiger partial charge in [-0.3, -0.25) is 14.4 Å². The minimum atomic E-state index is -3.82. The van der Waals surface area contributed by atoms with Gasteiger partial charge in [-0.15, -0.1) is 0 Å². The highest BCUT2D eigenvalue weighted by Gasteiger charge is 2.35. The van der Waals surface area contributed by atoms with Crippen LogP contribution in [0.25, 0.3) is 0 Å². The molecule has 4 rings (SSSR count). The molecule has 0 aromatic heterocycles. The van der Waals surface area contributed by atoms with Gasteiger partial charge in [-0.1, -0.05) is 62.4 Å². The molecule has 1 fully saturated rings. The highest BCUT2D eigenvalue weighted by Crippen LogP contribution is 2.24. The van der Waals surface area contributed by atoms with E-state index in [4.69, 9.17) is 0 Å². The van der Waals surface area contributed by atoms with E-state index >= 15 is 0 Å². The van der Waals surface area contributed by atoms with Crippen LogP contribution >= 0.6 is 0 Å². The van der Waals surface area contributed by atoms with Gasteiger partial charge in [0.25, 0.3) is 0 Å². The Morgan fingerprint density at radius 2 is 1.50 bits per heavy atom. The van der Waals surface area contributed by atoms with Gasteiger partial charge >= 0.3 is 12.0 Å². The van der Waals surface area contributed by atoms with Crippen molar-refractivity contribution in [2.45, 2.75) is 76.3 Å². The molecule has 290 valence electrons. The molecule has 14 nitrogen and oxygen atoms in total. The number of urea groups is 1. The summed E-state index contributed by atoms with van der Waals surface area (Å²) in [5.41, 5.74) is 2.80. The van der Waals surface area contributed by atoms with Crippen molar-refractivity contribution in [1.29, 1.82) is 0 Å². The lowest BCUT2D eigenvalue weighted by atomic mass is 9.97. The number of benzene rings is 3. The number of aliphatic carboxylic acids is 1. The standard InChI is InChI=1S/C39H50N6O8S/c1-25(2)23-34(43-35(46)27(4)28-16-18-30(19-17-28)41-39(51)44-32-15-9-8-11-26(32)3)37(48)40-21-20-33(38(49)50)42-36(47)29-12-10-22-45(24-29)54(52,53)31-13-6-5-7-14-31/h5-9,11,13-19,25,27,29,33-34H,10,12,20-24H2,1-4H3,(H,40,48)(H,42,47)(H,43,46)(H,49,50)(H2,41,44,51)/t27?,29-,33-,34-/m0/s1. The van der Waals surface area contributed by atoms with Gasteiger partial charge in [-0.2, -0.15) is 4.31 Å². The zero-order valence-electron chi connectivity index (χ0n) is 31.0. The first-order chi connectivity index (χ1) is 25.6. The molecule has 1 saturated heterocycles. The summed E-state index contributed by atoms with van der Waals surface area (Å²) in [5, 5.41) is 23.5. The van der Waals surface area contributed by atoms with Crippen LogP contribution < -0.4 is 26.6 Å². The van der Waals surface area contributed by atoms with Crippen molar-refractivity contribution in [1.82, 2.24) is 20.3 Å². The molecule has 6 N–H and O–H groups in total. The largest absolute Gasteiger partial charge is 0.480 e. The monoisotopic (exact) mass is 762 g/mol. The van der Waals surface area contributed by atoms with Gasteiger partial charge in [0, 0.05) is 31.0 Å². The second kappa shape index (κ2) is 19.2. The first-order valence-corrected chi connectivity index (χ1v) is 19.5. The fraction of sp³-hybridized carbons (Fsp3) is 0.410. The van der Waals surface area contributed by atoms with Crippen molar-refractivity contribution >= 4 is 51.1 Å². The van der Waals surface area contributed by atoms with E-state index in [1.165, 1.54) is 16.4 Å². The van der Waals surface area contributed by atoms with E-state index in [9.17, 15) is 37.5 Å². The number of para-hydroxylation sites is 1. The number of anilines is 2. The number of amides is 5. The number of carbonyl (C=O) groups excluding carboxylic acids is 4. The summed E-state index contributed by atoms with van der Waals surface area (Å²) in [6.45, 7) is 7.49. The van der Waals surface area contributed by atoms with Crippen molar-refractivity contribution in [3.8, 4) is 0 Å². The Labute approximate surface area is 316 Å². The number of aryl methyl sites for hydroxylation is 1. The lowest BCUT2D eigenvalue weighted by molar-refractivity contribution is -0.143. The van der Waals surface area contributed by atoms with E-state index in [-0.39, 0.29) is 42.8 Å². The van der Waals surface area contributed by atoms with E-state index in [0.29, 0.717) is 36.2 Å². The number of nitrogens with zero attached hydrogens (tertiary/aromatic N) is 1. The summed E-state index contributed by atoms with van der Waals surface area (Å²) < 4.78 is 27.5. The molecule has 1 heterocycles. The molecule has 0 aliphatic carbocycles. The molecule has 1 aliphatic rings. The number of carboxylic acid groups (broad SMARTS) is 1. The molecule has 1 unspecified atom stereocenters. The molecule has 54 heavy (non-hydrogen) atoms. The Morgan fingerprint density at radius 1 is 0.833 bits per heavy atom. The van der Waals surface area contributed by atoms with Crippen LogP contribution in [0.1, 0.15) is 63.5 Å². The second-order valence-electron chi connectivity index (χ2n) is 13.9.